The van der Waals surface area contributed by atoms with Crippen LogP contribution in [0, 0.1) is 11.6 Å². The van der Waals surface area contributed by atoms with E-state index >= 15 is 0 Å². The Hall–Kier alpha value is -2.80. The molecule has 2 amide bonds. The molecule has 0 saturated carbocycles. The Balaban J connectivity index is 1.62. The molecule has 0 bridgehead atoms. The molecule has 1 unspecified atom stereocenters. The molecule has 7 heteroatoms. The fourth-order valence-electron chi connectivity index (χ4n) is 2.75. The number of rotatable bonds is 5. The summed E-state index contributed by atoms with van der Waals surface area (Å²) >= 11 is 0. The lowest BCUT2D eigenvalue weighted by Crippen LogP contribution is -2.27. The molecule has 2 aromatic carbocycles. The summed E-state index contributed by atoms with van der Waals surface area (Å²) in [7, 11) is 0. The third-order valence-corrected chi connectivity index (χ3v) is 4.06. The summed E-state index contributed by atoms with van der Waals surface area (Å²) in [6.45, 7) is 0.646. The van der Waals surface area contributed by atoms with Gasteiger partial charge in [0.25, 0.3) is 11.8 Å². The smallest absolute Gasteiger partial charge is 0.257 e. The first-order valence-electron chi connectivity index (χ1n) is 8.28. The van der Waals surface area contributed by atoms with Gasteiger partial charge in [-0.2, -0.15) is 0 Å². The summed E-state index contributed by atoms with van der Waals surface area (Å²) in [5.74, 6) is -2.88. The number of carbonyl (C=O) groups is 2. The highest BCUT2D eigenvalue weighted by atomic mass is 19.1. The third kappa shape index (κ3) is 4.23. The van der Waals surface area contributed by atoms with E-state index in [0.29, 0.717) is 24.3 Å². The minimum atomic E-state index is -0.917. The minimum Gasteiger partial charge on any atom is -0.368 e. The highest BCUT2D eigenvalue weighted by Crippen LogP contribution is 2.17. The van der Waals surface area contributed by atoms with Crippen molar-refractivity contribution in [3.05, 3.63) is 65.2 Å². The topological polar surface area (TPSA) is 67.4 Å². The largest absolute Gasteiger partial charge is 0.368 e. The van der Waals surface area contributed by atoms with Crippen LogP contribution < -0.4 is 10.6 Å². The number of anilines is 1. The van der Waals surface area contributed by atoms with E-state index in [1.54, 1.807) is 24.3 Å². The Kier molecular flexibility index (Phi) is 5.58. The predicted molar refractivity (Wildman–Crippen MR) is 91.6 cm³/mol. The lowest BCUT2D eigenvalue weighted by molar-refractivity contribution is -0.124. The predicted octanol–water partition coefficient (Wildman–Crippen LogP) is 3.01. The fourth-order valence-corrected chi connectivity index (χ4v) is 2.75. The quantitative estimate of drug-likeness (QED) is 0.861. The van der Waals surface area contributed by atoms with Crippen LogP contribution in [0.5, 0.6) is 0 Å². The number of ether oxygens (including phenoxy) is 1. The molecule has 2 N–H and O–H groups in total. The molecule has 5 nitrogen and oxygen atoms in total. The molecule has 1 heterocycles. The maximum absolute atomic E-state index is 13.6. The number of nitrogens with one attached hydrogen (secondary N) is 2. The van der Waals surface area contributed by atoms with Crippen molar-refractivity contribution >= 4 is 17.5 Å². The van der Waals surface area contributed by atoms with Crippen molar-refractivity contribution in [2.24, 2.45) is 0 Å². The Morgan fingerprint density at radius 3 is 2.54 bits per heavy atom. The van der Waals surface area contributed by atoms with E-state index in [1.165, 1.54) is 6.07 Å². The second-order valence-electron chi connectivity index (χ2n) is 5.97. The van der Waals surface area contributed by atoms with E-state index in [0.717, 1.165) is 18.6 Å². The first-order chi connectivity index (χ1) is 12.5. The second kappa shape index (κ2) is 8.05. The van der Waals surface area contributed by atoms with Crippen molar-refractivity contribution < 1.29 is 23.1 Å². The normalized spacial score (nSPS) is 16.3. The summed E-state index contributed by atoms with van der Waals surface area (Å²) in [5, 5.41) is 5.24. The maximum Gasteiger partial charge on any atom is 0.257 e. The highest BCUT2D eigenvalue weighted by Gasteiger charge is 2.23. The lowest BCUT2D eigenvalue weighted by Gasteiger charge is -2.12. The van der Waals surface area contributed by atoms with Crippen LogP contribution >= 0.6 is 0 Å². The number of amides is 2. The van der Waals surface area contributed by atoms with Crippen molar-refractivity contribution in [3.8, 4) is 0 Å². The summed E-state index contributed by atoms with van der Waals surface area (Å²) in [4.78, 5) is 24.1. The van der Waals surface area contributed by atoms with Gasteiger partial charge in [0.2, 0.25) is 0 Å². The molecule has 0 aliphatic carbocycles. The molecule has 1 aliphatic heterocycles. The van der Waals surface area contributed by atoms with Crippen LogP contribution in [0.4, 0.5) is 14.5 Å². The zero-order chi connectivity index (χ0) is 18.5. The van der Waals surface area contributed by atoms with Gasteiger partial charge in [0.15, 0.2) is 0 Å². The third-order valence-electron chi connectivity index (χ3n) is 4.06. The SMILES string of the molecule is O=C(NCc1cccc(NC(=O)C2CCCO2)c1)c1c(F)cccc1F. The van der Waals surface area contributed by atoms with E-state index in [9.17, 15) is 18.4 Å². The molecule has 1 aliphatic rings. The van der Waals surface area contributed by atoms with Gasteiger partial charge >= 0.3 is 0 Å². The molecule has 1 fully saturated rings. The van der Waals surface area contributed by atoms with Crippen molar-refractivity contribution in [2.45, 2.75) is 25.5 Å². The van der Waals surface area contributed by atoms with Gasteiger partial charge in [0.05, 0.1) is 0 Å². The zero-order valence-corrected chi connectivity index (χ0v) is 13.9. The number of benzene rings is 2. The van der Waals surface area contributed by atoms with Crippen molar-refractivity contribution in [3.63, 3.8) is 0 Å². The molecular weight excluding hydrogens is 342 g/mol. The van der Waals surface area contributed by atoms with Crippen LogP contribution in [0.15, 0.2) is 42.5 Å². The molecule has 26 heavy (non-hydrogen) atoms. The van der Waals surface area contributed by atoms with Crippen LogP contribution in [-0.4, -0.2) is 24.5 Å². The van der Waals surface area contributed by atoms with E-state index < -0.39 is 29.2 Å². The van der Waals surface area contributed by atoms with Gasteiger partial charge in [-0.1, -0.05) is 18.2 Å². The van der Waals surface area contributed by atoms with Gasteiger partial charge in [-0.15, -0.1) is 0 Å². The lowest BCUT2D eigenvalue weighted by atomic mass is 10.1. The van der Waals surface area contributed by atoms with Crippen LogP contribution in [0.2, 0.25) is 0 Å². The van der Waals surface area contributed by atoms with E-state index in [-0.39, 0.29) is 12.5 Å². The van der Waals surface area contributed by atoms with Gasteiger partial charge in [-0.25, -0.2) is 8.78 Å². The monoisotopic (exact) mass is 360 g/mol. The number of carbonyl (C=O) groups excluding carboxylic acids is 2. The molecular formula is C19H18F2N2O3. The van der Waals surface area contributed by atoms with Crippen molar-refractivity contribution in [1.82, 2.24) is 5.32 Å². The Morgan fingerprint density at radius 2 is 1.85 bits per heavy atom. The van der Waals surface area contributed by atoms with Crippen molar-refractivity contribution in [2.75, 3.05) is 11.9 Å². The van der Waals surface area contributed by atoms with Gasteiger partial charge < -0.3 is 15.4 Å². The molecule has 1 atom stereocenters. The summed E-state index contributed by atoms with van der Waals surface area (Å²) in [5.41, 5.74) is 0.630. The minimum absolute atomic E-state index is 0.0657. The number of halogens is 2. The van der Waals surface area contributed by atoms with Gasteiger partial charge in [0, 0.05) is 18.8 Å². The van der Waals surface area contributed by atoms with Crippen LogP contribution in [-0.2, 0) is 16.1 Å². The number of hydrogen-bond donors (Lipinski definition) is 2. The molecule has 2 aromatic rings. The van der Waals surface area contributed by atoms with Gasteiger partial charge in [-0.05, 0) is 42.7 Å². The summed E-state index contributed by atoms with van der Waals surface area (Å²) < 4.78 is 32.6. The molecule has 136 valence electrons. The average molecular weight is 360 g/mol. The fraction of sp³-hybridized carbons (Fsp3) is 0.263. The first kappa shape index (κ1) is 18.0. The molecule has 0 aromatic heterocycles. The van der Waals surface area contributed by atoms with Crippen LogP contribution in [0.3, 0.4) is 0 Å². The summed E-state index contributed by atoms with van der Waals surface area (Å²) in [6, 6.07) is 10.1. The number of hydrogen-bond acceptors (Lipinski definition) is 3. The second-order valence-corrected chi connectivity index (χ2v) is 5.97. The van der Waals surface area contributed by atoms with E-state index in [1.807, 2.05) is 0 Å². The standard InChI is InChI=1S/C19H18F2N2O3/c20-14-6-2-7-15(21)17(14)19(25)22-11-12-4-1-5-13(10-12)23-18(24)16-8-3-9-26-16/h1-2,4-7,10,16H,3,8-9,11H2,(H,22,25)(H,23,24). The average Bonchev–Trinajstić information content (AvgIpc) is 3.15. The molecule has 0 spiro atoms. The maximum atomic E-state index is 13.6. The van der Waals surface area contributed by atoms with E-state index in [2.05, 4.69) is 10.6 Å². The Bertz CT molecular complexity index is 800. The van der Waals surface area contributed by atoms with Crippen molar-refractivity contribution in [1.29, 1.82) is 0 Å². The zero-order valence-electron chi connectivity index (χ0n) is 13.9. The molecule has 3 rings (SSSR count). The first-order valence-corrected chi connectivity index (χ1v) is 8.28. The van der Waals surface area contributed by atoms with Crippen LogP contribution in [0.1, 0.15) is 28.8 Å². The van der Waals surface area contributed by atoms with Crippen LogP contribution in [0.25, 0.3) is 0 Å². The Morgan fingerprint density at radius 1 is 1.12 bits per heavy atom. The highest BCUT2D eigenvalue weighted by molar-refractivity contribution is 5.95. The summed E-state index contributed by atoms with van der Waals surface area (Å²) in [6.07, 6.45) is 1.11. The molecule has 1 saturated heterocycles. The molecule has 0 radical (unpaired) electrons. The van der Waals surface area contributed by atoms with Gasteiger partial charge in [0.1, 0.15) is 23.3 Å². The van der Waals surface area contributed by atoms with Gasteiger partial charge in [-0.3, -0.25) is 9.59 Å². The Labute approximate surface area is 149 Å². The van der Waals surface area contributed by atoms with E-state index in [4.69, 9.17) is 4.74 Å².